The molecule has 1 fully saturated rings. The van der Waals surface area contributed by atoms with Crippen LogP contribution in [0.4, 0.5) is 5.69 Å². The fraction of sp³-hybridized carbons (Fsp3) is 0.154. The standard InChI is InChI=1S/C13H12N4O2S/c1-6-5-15-10(11(18)16-6)17-12(19)7-3-2-4-8(14)9(7)13(17)20/h2-4,10,15H,1,5,14H2,(H,16,18). The van der Waals surface area contributed by atoms with Gasteiger partial charge in [0.05, 0.1) is 5.56 Å². The van der Waals surface area contributed by atoms with Gasteiger partial charge in [-0.2, -0.15) is 0 Å². The first-order valence-corrected chi connectivity index (χ1v) is 6.40. The summed E-state index contributed by atoms with van der Waals surface area (Å²) in [4.78, 5) is 26.0. The molecule has 0 spiro atoms. The van der Waals surface area contributed by atoms with Crippen molar-refractivity contribution in [2.75, 3.05) is 12.3 Å². The predicted molar refractivity (Wildman–Crippen MR) is 77.8 cm³/mol. The number of nitrogens with zero attached hydrogens (tertiary/aromatic N) is 1. The summed E-state index contributed by atoms with van der Waals surface area (Å²) >= 11 is 5.31. The molecular formula is C13H12N4O2S. The SMILES string of the molecule is C=C1CNC(N2C(=O)c3cccc(N)c3C2=S)C(=O)N1. The Morgan fingerprint density at radius 1 is 1.40 bits per heavy atom. The summed E-state index contributed by atoms with van der Waals surface area (Å²) in [7, 11) is 0. The molecule has 1 unspecified atom stereocenters. The largest absolute Gasteiger partial charge is 0.398 e. The van der Waals surface area contributed by atoms with Crippen LogP contribution >= 0.6 is 12.2 Å². The molecule has 0 saturated carbocycles. The van der Waals surface area contributed by atoms with Gasteiger partial charge in [0.25, 0.3) is 11.8 Å². The Balaban J connectivity index is 2.00. The number of amides is 2. The molecule has 1 aromatic carbocycles. The van der Waals surface area contributed by atoms with Crippen LogP contribution in [0.15, 0.2) is 30.5 Å². The molecule has 0 bridgehead atoms. The highest BCUT2D eigenvalue weighted by Gasteiger charge is 2.42. The Kier molecular flexibility index (Phi) is 2.81. The van der Waals surface area contributed by atoms with Gasteiger partial charge in [0, 0.05) is 23.5 Å². The van der Waals surface area contributed by atoms with Crippen molar-refractivity contribution >= 4 is 34.7 Å². The number of piperazine rings is 1. The topological polar surface area (TPSA) is 87.5 Å². The zero-order chi connectivity index (χ0) is 14.4. The van der Waals surface area contributed by atoms with E-state index in [1.807, 2.05) is 0 Å². The Morgan fingerprint density at radius 2 is 2.15 bits per heavy atom. The quantitative estimate of drug-likeness (QED) is 0.498. The van der Waals surface area contributed by atoms with Crippen LogP contribution in [-0.2, 0) is 4.79 Å². The lowest BCUT2D eigenvalue weighted by molar-refractivity contribution is -0.125. The van der Waals surface area contributed by atoms with Crippen molar-refractivity contribution < 1.29 is 9.59 Å². The maximum absolute atomic E-state index is 12.4. The molecule has 4 N–H and O–H groups in total. The number of thiocarbonyl (C=S) groups is 1. The first-order chi connectivity index (χ1) is 9.50. The molecule has 3 rings (SSSR count). The van der Waals surface area contributed by atoms with E-state index in [4.69, 9.17) is 18.0 Å². The van der Waals surface area contributed by atoms with Crippen molar-refractivity contribution in [3.63, 3.8) is 0 Å². The number of rotatable bonds is 1. The van der Waals surface area contributed by atoms with E-state index in [0.717, 1.165) is 0 Å². The Morgan fingerprint density at radius 3 is 2.80 bits per heavy atom. The smallest absolute Gasteiger partial charge is 0.262 e. The van der Waals surface area contributed by atoms with E-state index in [1.54, 1.807) is 18.2 Å². The summed E-state index contributed by atoms with van der Waals surface area (Å²) in [5.74, 6) is -0.680. The van der Waals surface area contributed by atoms with E-state index >= 15 is 0 Å². The van der Waals surface area contributed by atoms with Gasteiger partial charge in [-0.25, -0.2) is 0 Å². The highest BCUT2D eigenvalue weighted by atomic mass is 32.1. The van der Waals surface area contributed by atoms with Gasteiger partial charge in [-0.15, -0.1) is 0 Å². The van der Waals surface area contributed by atoms with Crippen molar-refractivity contribution in [3.05, 3.63) is 41.6 Å². The van der Waals surface area contributed by atoms with E-state index in [0.29, 0.717) is 29.1 Å². The van der Waals surface area contributed by atoms with Gasteiger partial charge in [0.1, 0.15) is 4.99 Å². The van der Waals surface area contributed by atoms with E-state index in [9.17, 15) is 9.59 Å². The number of nitrogens with two attached hydrogens (primary N) is 1. The Labute approximate surface area is 120 Å². The van der Waals surface area contributed by atoms with Crippen LogP contribution in [0.3, 0.4) is 0 Å². The fourth-order valence-corrected chi connectivity index (χ4v) is 2.79. The zero-order valence-electron chi connectivity index (χ0n) is 10.5. The normalized spacial score (nSPS) is 22.0. The van der Waals surface area contributed by atoms with E-state index < -0.39 is 6.17 Å². The predicted octanol–water partition coefficient (Wildman–Crippen LogP) is -0.0407. The number of anilines is 1. The Bertz CT molecular complexity index is 670. The van der Waals surface area contributed by atoms with Crippen LogP contribution in [0, 0.1) is 0 Å². The number of carbonyl (C=O) groups is 2. The lowest BCUT2D eigenvalue weighted by Crippen LogP contribution is -2.61. The molecule has 2 amide bonds. The van der Waals surface area contributed by atoms with Crippen molar-refractivity contribution in [2.24, 2.45) is 0 Å². The summed E-state index contributed by atoms with van der Waals surface area (Å²) < 4.78 is 0. The molecule has 20 heavy (non-hydrogen) atoms. The van der Waals surface area contributed by atoms with E-state index in [1.165, 1.54) is 4.90 Å². The molecule has 102 valence electrons. The van der Waals surface area contributed by atoms with Crippen LogP contribution in [0.5, 0.6) is 0 Å². The fourth-order valence-electron chi connectivity index (χ4n) is 2.37. The second-order valence-corrected chi connectivity index (χ2v) is 5.01. The number of nitrogen functional groups attached to an aromatic ring is 1. The zero-order valence-corrected chi connectivity index (χ0v) is 11.3. The molecule has 0 radical (unpaired) electrons. The van der Waals surface area contributed by atoms with Crippen molar-refractivity contribution in [2.45, 2.75) is 6.17 Å². The Hall–Kier alpha value is -2.25. The van der Waals surface area contributed by atoms with E-state index in [-0.39, 0.29) is 16.8 Å². The van der Waals surface area contributed by atoms with Crippen molar-refractivity contribution in [1.82, 2.24) is 15.5 Å². The molecule has 2 heterocycles. The highest BCUT2D eigenvalue weighted by Crippen LogP contribution is 2.29. The van der Waals surface area contributed by atoms with Gasteiger partial charge in [0.15, 0.2) is 6.17 Å². The first kappa shape index (κ1) is 12.8. The monoisotopic (exact) mass is 288 g/mol. The minimum absolute atomic E-state index is 0.267. The third-order valence-electron chi connectivity index (χ3n) is 3.29. The third-order valence-corrected chi connectivity index (χ3v) is 3.69. The van der Waals surface area contributed by atoms with Crippen LogP contribution < -0.4 is 16.4 Å². The first-order valence-electron chi connectivity index (χ1n) is 5.99. The lowest BCUT2D eigenvalue weighted by atomic mass is 10.1. The second-order valence-electron chi connectivity index (χ2n) is 4.63. The van der Waals surface area contributed by atoms with Crippen LogP contribution in [0.2, 0.25) is 0 Å². The molecule has 0 aromatic heterocycles. The number of carbonyl (C=O) groups excluding carboxylic acids is 2. The number of fused-ring (bicyclic) bond motifs is 1. The van der Waals surface area contributed by atoms with Crippen LogP contribution in [-0.4, -0.2) is 34.4 Å². The van der Waals surface area contributed by atoms with Crippen LogP contribution in [0.1, 0.15) is 15.9 Å². The average molecular weight is 288 g/mol. The summed E-state index contributed by atoms with van der Waals surface area (Å²) in [6.45, 7) is 4.05. The molecule has 2 aliphatic rings. The number of benzene rings is 1. The molecule has 0 aliphatic carbocycles. The summed E-state index contributed by atoms with van der Waals surface area (Å²) in [5, 5.41) is 5.55. The third kappa shape index (κ3) is 1.71. The maximum atomic E-state index is 12.4. The van der Waals surface area contributed by atoms with Gasteiger partial charge >= 0.3 is 0 Å². The van der Waals surface area contributed by atoms with Gasteiger partial charge in [-0.1, -0.05) is 24.9 Å². The van der Waals surface area contributed by atoms with Crippen molar-refractivity contribution in [3.8, 4) is 0 Å². The van der Waals surface area contributed by atoms with Gasteiger partial charge in [0.2, 0.25) is 0 Å². The molecule has 7 heteroatoms. The van der Waals surface area contributed by atoms with Gasteiger partial charge in [-0.3, -0.25) is 19.8 Å². The van der Waals surface area contributed by atoms with Gasteiger partial charge < -0.3 is 11.1 Å². The van der Waals surface area contributed by atoms with Gasteiger partial charge in [-0.05, 0) is 12.1 Å². The molecule has 1 saturated heterocycles. The molecular weight excluding hydrogens is 276 g/mol. The van der Waals surface area contributed by atoms with E-state index in [2.05, 4.69) is 17.2 Å². The summed E-state index contributed by atoms with van der Waals surface area (Å²) in [6, 6.07) is 5.02. The highest BCUT2D eigenvalue weighted by molar-refractivity contribution is 7.80. The molecule has 1 atom stereocenters. The molecule has 6 nitrogen and oxygen atoms in total. The second kappa shape index (κ2) is 4.39. The minimum Gasteiger partial charge on any atom is -0.398 e. The number of nitrogens with one attached hydrogen (secondary N) is 2. The van der Waals surface area contributed by atoms with Crippen molar-refractivity contribution in [1.29, 1.82) is 0 Å². The number of hydrogen-bond donors (Lipinski definition) is 3. The minimum atomic E-state index is -0.840. The molecule has 2 aliphatic heterocycles. The molecule has 1 aromatic rings. The summed E-state index contributed by atoms with van der Waals surface area (Å²) in [6.07, 6.45) is -0.840. The number of hydrogen-bond acceptors (Lipinski definition) is 5. The van der Waals surface area contributed by atoms with Crippen LogP contribution in [0.25, 0.3) is 0 Å². The summed E-state index contributed by atoms with van der Waals surface area (Å²) in [5.41, 5.74) is 7.81. The lowest BCUT2D eigenvalue weighted by Gasteiger charge is -2.31. The maximum Gasteiger partial charge on any atom is 0.262 e. The average Bonchev–Trinajstić information content (AvgIpc) is 2.64.